The number of rotatable bonds is 4. The molecule has 2 aromatic heterocycles. The molecule has 2 atom stereocenters. The molecule has 0 bridgehead atoms. The van der Waals surface area contributed by atoms with E-state index in [1.54, 1.807) is 30.6 Å². The van der Waals surface area contributed by atoms with Gasteiger partial charge in [-0.15, -0.1) is 0 Å². The lowest BCUT2D eigenvalue weighted by Crippen LogP contribution is -2.36. The molecule has 148 valence electrons. The molecule has 1 saturated heterocycles. The average molecular weight is 393 g/mol. The topological polar surface area (TPSA) is 103 Å². The van der Waals surface area contributed by atoms with Gasteiger partial charge in [0, 0.05) is 36.1 Å². The summed E-state index contributed by atoms with van der Waals surface area (Å²) >= 11 is 0. The van der Waals surface area contributed by atoms with E-state index in [-0.39, 0.29) is 24.8 Å². The quantitative estimate of drug-likeness (QED) is 0.718. The standard InChI is InChI=1S/C20H19N5O4/c1-25-10-14(22-19(26)12-4-5-16-17(7-12)28-11-27-16)8-15(25)20-23-18(24-29-20)13-3-2-6-21-9-13/h2-7,9,14-15H,8,10-11H2,1H3,(H,22,26). The van der Waals surface area contributed by atoms with E-state index in [0.29, 0.717) is 41.7 Å². The van der Waals surface area contributed by atoms with Gasteiger partial charge in [0.05, 0.1) is 6.04 Å². The van der Waals surface area contributed by atoms with Crippen molar-refractivity contribution in [3.8, 4) is 22.9 Å². The van der Waals surface area contributed by atoms with Crippen LogP contribution in [-0.4, -0.2) is 52.4 Å². The largest absolute Gasteiger partial charge is 0.454 e. The molecule has 2 aliphatic heterocycles. The maximum absolute atomic E-state index is 12.7. The number of nitrogens with one attached hydrogen (secondary N) is 1. The van der Waals surface area contributed by atoms with Crippen LogP contribution < -0.4 is 14.8 Å². The number of aromatic nitrogens is 3. The summed E-state index contributed by atoms with van der Waals surface area (Å²) in [5.41, 5.74) is 1.34. The summed E-state index contributed by atoms with van der Waals surface area (Å²) in [6.07, 6.45) is 4.07. The summed E-state index contributed by atoms with van der Waals surface area (Å²) in [5, 5.41) is 7.14. The third kappa shape index (κ3) is 3.40. The van der Waals surface area contributed by atoms with Crippen LogP contribution in [0, 0.1) is 0 Å². The van der Waals surface area contributed by atoms with Crippen LogP contribution in [0.1, 0.15) is 28.7 Å². The zero-order valence-electron chi connectivity index (χ0n) is 15.7. The Morgan fingerprint density at radius 3 is 3.00 bits per heavy atom. The number of hydrogen-bond donors (Lipinski definition) is 1. The molecule has 9 heteroatoms. The molecule has 2 unspecified atom stereocenters. The molecule has 0 radical (unpaired) electrons. The highest BCUT2D eigenvalue weighted by molar-refractivity contribution is 5.95. The van der Waals surface area contributed by atoms with Crippen molar-refractivity contribution in [2.24, 2.45) is 0 Å². The highest BCUT2D eigenvalue weighted by Gasteiger charge is 2.35. The summed E-state index contributed by atoms with van der Waals surface area (Å²) in [7, 11) is 1.98. The fourth-order valence-electron chi connectivity index (χ4n) is 3.68. The minimum atomic E-state index is -0.149. The van der Waals surface area contributed by atoms with Crippen molar-refractivity contribution in [1.29, 1.82) is 0 Å². The molecule has 2 aliphatic rings. The third-order valence-corrected chi connectivity index (χ3v) is 5.16. The third-order valence-electron chi connectivity index (χ3n) is 5.16. The highest BCUT2D eigenvalue weighted by atomic mass is 16.7. The lowest BCUT2D eigenvalue weighted by atomic mass is 10.1. The summed E-state index contributed by atoms with van der Waals surface area (Å²) in [4.78, 5) is 23.4. The van der Waals surface area contributed by atoms with Gasteiger partial charge in [0.2, 0.25) is 18.5 Å². The van der Waals surface area contributed by atoms with Crippen molar-refractivity contribution in [2.45, 2.75) is 18.5 Å². The molecule has 0 saturated carbocycles. The second-order valence-electron chi connectivity index (χ2n) is 7.13. The number of likely N-dealkylation sites (tertiary alicyclic amines) is 1. The summed E-state index contributed by atoms with van der Waals surface area (Å²) in [5.74, 6) is 2.14. The van der Waals surface area contributed by atoms with Crippen LogP contribution in [0.5, 0.6) is 11.5 Å². The van der Waals surface area contributed by atoms with Crippen LogP contribution >= 0.6 is 0 Å². The number of carbonyl (C=O) groups excluding carboxylic acids is 1. The van der Waals surface area contributed by atoms with Crippen molar-refractivity contribution >= 4 is 5.91 Å². The first kappa shape index (κ1) is 17.6. The van der Waals surface area contributed by atoms with Crippen LogP contribution in [0.25, 0.3) is 11.4 Å². The van der Waals surface area contributed by atoms with Gasteiger partial charge in [-0.3, -0.25) is 14.7 Å². The van der Waals surface area contributed by atoms with E-state index in [9.17, 15) is 4.79 Å². The number of likely N-dealkylation sites (N-methyl/N-ethyl adjacent to an activating group) is 1. The predicted molar refractivity (Wildman–Crippen MR) is 101 cm³/mol. The molecule has 9 nitrogen and oxygen atoms in total. The van der Waals surface area contributed by atoms with Crippen molar-refractivity contribution in [3.05, 3.63) is 54.2 Å². The fourth-order valence-corrected chi connectivity index (χ4v) is 3.68. The Bertz CT molecular complexity index is 1040. The van der Waals surface area contributed by atoms with Crippen LogP contribution in [0.3, 0.4) is 0 Å². The Labute approximate surface area is 166 Å². The first-order chi connectivity index (χ1) is 14.2. The summed E-state index contributed by atoms with van der Waals surface area (Å²) < 4.78 is 16.1. The second-order valence-corrected chi connectivity index (χ2v) is 7.13. The van der Waals surface area contributed by atoms with Crippen molar-refractivity contribution in [1.82, 2.24) is 25.3 Å². The van der Waals surface area contributed by atoms with E-state index in [0.717, 1.165) is 5.56 Å². The normalized spacial score (nSPS) is 20.7. The Kier molecular flexibility index (Phi) is 4.36. The first-order valence-corrected chi connectivity index (χ1v) is 9.32. The Morgan fingerprint density at radius 2 is 2.14 bits per heavy atom. The smallest absolute Gasteiger partial charge is 0.251 e. The van der Waals surface area contributed by atoms with E-state index in [2.05, 4.69) is 25.3 Å². The summed E-state index contributed by atoms with van der Waals surface area (Å²) in [6, 6.07) is 8.80. The van der Waals surface area contributed by atoms with Crippen LogP contribution in [0.15, 0.2) is 47.2 Å². The van der Waals surface area contributed by atoms with Crippen LogP contribution in [-0.2, 0) is 0 Å². The second kappa shape index (κ2) is 7.17. The maximum Gasteiger partial charge on any atom is 0.251 e. The molecule has 5 rings (SSSR count). The van der Waals surface area contributed by atoms with Crippen molar-refractivity contribution < 1.29 is 18.8 Å². The van der Waals surface area contributed by atoms with Gasteiger partial charge in [-0.2, -0.15) is 4.98 Å². The van der Waals surface area contributed by atoms with Gasteiger partial charge >= 0.3 is 0 Å². The van der Waals surface area contributed by atoms with E-state index >= 15 is 0 Å². The Morgan fingerprint density at radius 1 is 1.24 bits per heavy atom. The maximum atomic E-state index is 12.7. The van der Waals surface area contributed by atoms with Gasteiger partial charge in [0.1, 0.15) is 0 Å². The SMILES string of the molecule is CN1CC(NC(=O)c2ccc3c(c2)OCO3)CC1c1nc(-c2cccnc2)no1. The lowest BCUT2D eigenvalue weighted by molar-refractivity contribution is 0.0938. The van der Waals surface area contributed by atoms with Gasteiger partial charge in [-0.05, 0) is 43.8 Å². The van der Waals surface area contributed by atoms with Crippen LogP contribution in [0.2, 0.25) is 0 Å². The molecule has 1 aromatic carbocycles. The Balaban J connectivity index is 1.26. The molecular weight excluding hydrogens is 374 g/mol. The summed E-state index contributed by atoms with van der Waals surface area (Å²) in [6.45, 7) is 0.867. The van der Waals surface area contributed by atoms with Crippen LogP contribution in [0.4, 0.5) is 0 Å². The van der Waals surface area contributed by atoms with E-state index in [1.807, 2.05) is 19.2 Å². The molecule has 0 spiro atoms. The van der Waals surface area contributed by atoms with Gasteiger partial charge in [0.15, 0.2) is 11.5 Å². The number of pyridine rings is 1. The number of nitrogens with zero attached hydrogens (tertiary/aromatic N) is 4. The molecule has 1 fully saturated rings. The molecule has 4 heterocycles. The zero-order valence-corrected chi connectivity index (χ0v) is 15.7. The molecule has 3 aromatic rings. The number of benzene rings is 1. The van der Waals surface area contributed by atoms with E-state index < -0.39 is 0 Å². The highest BCUT2D eigenvalue weighted by Crippen LogP contribution is 2.33. The van der Waals surface area contributed by atoms with E-state index in [1.165, 1.54) is 0 Å². The molecule has 29 heavy (non-hydrogen) atoms. The number of hydrogen-bond acceptors (Lipinski definition) is 8. The monoisotopic (exact) mass is 393 g/mol. The van der Waals surface area contributed by atoms with Gasteiger partial charge in [0.25, 0.3) is 5.91 Å². The minimum absolute atomic E-state index is 0.0309. The predicted octanol–water partition coefficient (Wildman–Crippen LogP) is 2.04. The number of ether oxygens (including phenoxy) is 2. The van der Waals surface area contributed by atoms with Gasteiger partial charge in [-0.25, -0.2) is 0 Å². The lowest BCUT2D eigenvalue weighted by Gasteiger charge is -2.14. The number of carbonyl (C=O) groups is 1. The van der Waals surface area contributed by atoms with Gasteiger partial charge in [-0.1, -0.05) is 5.16 Å². The first-order valence-electron chi connectivity index (χ1n) is 9.32. The average Bonchev–Trinajstić information content (AvgIpc) is 3.47. The zero-order chi connectivity index (χ0) is 19.8. The van der Waals surface area contributed by atoms with Crippen molar-refractivity contribution in [2.75, 3.05) is 20.4 Å². The molecule has 1 N–H and O–H groups in total. The van der Waals surface area contributed by atoms with Crippen molar-refractivity contribution in [3.63, 3.8) is 0 Å². The Hall–Kier alpha value is -3.46. The molecular formula is C20H19N5O4. The molecule has 1 amide bonds. The number of fused-ring (bicyclic) bond motifs is 1. The number of amides is 1. The molecule has 0 aliphatic carbocycles. The fraction of sp³-hybridized carbons (Fsp3) is 0.300. The van der Waals surface area contributed by atoms with E-state index in [4.69, 9.17) is 14.0 Å². The van der Waals surface area contributed by atoms with Gasteiger partial charge < -0.3 is 19.3 Å². The minimum Gasteiger partial charge on any atom is -0.454 e.